The van der Waals surface area contributed by atoms with Crippen LogP contribution in [0.25, 0.3) is 29.5 Å². The number of nitrogens with zero attached hydrogens (tertiary/aromatic N) is 2. The lowest BCUT2D eigenvalue weighted by Gasteiger charge is -1.96. The van der Waals surface area contributed by atoms with Gasteiger partial charge in [0.15, 0.2) is 10.0 Å². The molecule has 0 atom stereocenters. The molecule has 32 heavy (non-hydrogen) atoms. The normalized spacial score (nSPS) is 11.4. The zero-order chi connectivity index (χ0) is 22.2. The molecular formula is C26H32N2S4. The zero-order valence-electron chi connectivity index (χ0n) is 19.1. The van der Waals surface area contributed by atoms with Crippen LogP contribution in [0.15, 0.2) is 36.7 Å². The first-order valence-electron chi connectivity index (χ1n) is 11.9. The van der Waals surface area contributed by atoms with Crippen molar-refractivity contribution in [1.29, 1.82) is 0 Å². The molecule has 0 unspecified atom stereocenters. The molecule has 0 spiro atoms. The summed E-state index contributed by atoms with van der Waals surface area (Å²) in [5.41, 5.74) is 0. The second-order valence-corrected chi connectivity index (χ2v) is 12.6. The first kappa shape index (κ1) is 23.8. The van der Waals surface area contributed by atoms with E-state index in [0.717, 1.165) is 10.0 Å². The fourth-order valence-electron chi connectivity index (χ4n) is 3.72. The maximum atomic E-state index is 4.71. The number of hydrogen-bond donors (Lipinski definition) is 0. The van der Waals surface area contributed by atoms with E-state index in [2.05, 4.69) is 38.1 Å². The minimum absolute atomic E-state index is 1.03. The smallest absolute Gasteiger partial charge is 0.152 e. The predicted octanol–water partition coefficient (Wildman–Crippen LogP) is 9.97. The molecule has 0 radical (unpaired) electrons. The van der Waals surface area contributed by atoms with Crippen LogP contribution in [0.2, 0.25) is 0 Å². The van der Waals surface area contributed by atoms with Crippen molar-refractivity contribution < 1.29 is 0 Å². The maximum Gasteiger partial charge on any atom is 0.152 e. The maximum absolute atomic E-state index is 4.71. The lowest BCUT2D eigenvalue weighted by atomic mass is 10.1. The van der Waals surface area contributed by atoms with Gasteiger partial charge in [-0.1, -0.05) is 52.4 Å². The van der Waals surface area contributed by atoms with Crippen molar-refractivity contribution in [2.24, 2.45) is 0 Å². The molecular weight excluding hydrogens is 469 g/mol. The van der Waals surface area contributed by atoms with Gasteiger partial charge in [0.05, 0.1) is 9.75 Å². The Labute approximate surface area is 208 Å². The number of aromatic nitrogens is 2. The molecule has 0 fully saturated rings. The minimum Gasteiger partial charge on any atom is -0.241 e. The lowest BCUT2D eigenvalue weighted by Crippen LogP contribution is -1.80. The molecule has 2 nitrogen and oxygen atoms in total. The molecule has 4 aromatic rings. The molecule has 4 aromatic heterocycles. The van der Waals surface area contributed by atoms with Gasteiger partial charge in [0, 0.05) is 31.9 Å². The molecule has 0 aliphatic rings. The zero-order valence-corrected chi connectivity index (χ0v) is 22.3. The van der Waals surface area contributed by atoms with E-state index in [1.807, 2.05) is 35.1 Å². The van der Waals surface area contributed by atoms with Crippen LogP contribution in [-0.2, 0) is 12.8 Å². The Morgan fingerprint density at radius 2 is 1.00 bits per heavy atom. The Morgan fingerprint density at radius 1 is 0.531 bits per heavy atom. The first-order chi connectivity index (χ1) is 15.8. The molecule has 6 heteroatoms. The summed E-state index contributed by atoms with van der Waals surface area (Å²) in [5, 5.41) is 2.07. The number of rotatable bonds is 13. The SMILES string of the molecule is CCCCCCc1ccc(-c2cnc(-c3ncc(-c4ccc(CCCCCC)s4)s3)s2)s1. The molecule has 170 valence electrons. The summed E-state index contributed by atoms with van der Waals surface area (Å²) in [4.78, 5) is 17.6. The first-order valence-corrected chi connectivity index (χ1v) is 15.1. The number of hydrogen-bond acceptors (Lipinski definition) is 6. The molecule has 0 aliphatic carbocycles. The van der Waals surface area contributed by atoms with Gasteiger partial charge in [0.25, 0.3) is 0 Å². The van der Waals surface area contributed by atoms with E-state index in [0.29, 0.717) is 0 Å². The molecule has 0 aromatic carbocycles. The highest BCUT2D eigenvalue weighted by Crippen LogP contribution is 2.40. The average molecular weight is 501 g/mol. The Hall–Kier alpha value is -1.34. The summed E-state index contributed by atoms with van der Waals surface area (Å²) in [5.74, 6) is 0. The highest BCUT2D eigenvalue weighted by atomic mass is 32.1. The molecule has 0 saturated carbocycles. The van der Waals surface area contributed by atoms with Crippen LogP contribution < -0.4 is 0 Å². The Balaban J connectivity index is 1.37. The highest BCUT2D eigenvalue weighted by molar-refractivity contribution is 7.28. The van der Waals surface area contributed by atoms with Gasteiger partial charge in [-0.25, -0.2) is 9.97 Å². The van der Waals surface area contributed by atoms with Crippen LogP contribution in [0, 0.1) is 0 Å². The summed E-state index contributed by atoms with van der Waals surface area (Å²) < 4.78 is 0. The van der Waals surface area contributed by atoms with Crippen molar-refractivity contribution in [3.8, 4) is 29.5 Å². The third kappa shape index (κ3) is 6.37. The summed E-state index contributed by atoms with van der Waals surface area (Å²) >= 11 is 7.37. The molecule has 4 rings (SSSR count). The summed E-state index contributed by atoms with van der Waals surface area (Å²) in [6.45, 7) is 4.53. The van der Waals surface area contributed by atoms with Crippen molar-refractivity contribution in [2.45, 2.75) is 78.1 Å². The van der Waals surface area contributed by atoms with Crippen LogP contribution in [0.4, 0.5) is 0 Å². The molecule has 0 amide bonds. The van der Waals surface area contributed by atoms with Gasteiger partial charge in [-0.15, -0.1) is 45.3 Å². The highest BCUT2D eigenvalue weighted by Gasteiger charge is 2.14. The van der Waals surface area contributed by atoms with Gasteiger partial charge < -0.3 is 0 Å². The summed E-state index contributed by atoms with van der Waals surface area (Å²) in [6, 6.07) is 9.11. The third-order valence-corrected chi connectivity index (χ3v) is 10.4. The Morgan fingerprint density at radius 3 is 1.44 bits per heavy atom. The van der Waals surface area contributed by atoms with Crippen molar-refractivity contribution in [3.63, 3.8) is 0 Å². The van der Waals surface area contributed by atoms with Gasteiger partial charge >= 0.3 is 0 Å². The molecule has 0 saturated heterocycles. The van der Waals surface area contributed by atoms with Crippen LogP contribution in [0.1, 0.15) is 75.0 Å². The van der Waals surface area contributed by atoms with Crippen LogP contribution >= 0.6 is 45.3 Å². The standard InChI is InChI=1S/C26H32N2S4/c1-3-5-7-9-11-19-13-15-21(29-19)23-17-27-25(31-23)26-28-18-24(32-26)22-16-14-20(30-22)12-10-8-6-4-2/h13-18H,3-12H2,1-2H3. The number of unbranched alkanes of at least 4 members (excludes halogenated alkanes) is 6. The molecule has 0 N–H and O–H groups in total. The van der Waals surface area contributed by atoms with Crippen molar-refractivity contribution in [3.05, 3.63) is 46.4 Å². The summed E-state index contributed by atoms with van der Waals surface area (Å²) in [6.07, 6.45) is 17.0. The predicted molar refractivity (Wildman–Crippen MR) is 146 cm³/mol. The van der Waals surface area contributed by atoms with Gasteiger partial charge in [0.2, 0.25) is 0 Å². The Kier molecular flexibility index (Phi) is 9.09. The van der Waals surface area contributed by atoms with Crippen molar-refractivity contribution in [2.75, 3.05) is 0 Å². The van der Waals surface area contributed by atoms with E-state index < -0.39 is 0 Å². The Bertz CT molecular complexity index is 998. The molecule has 0 bridgehead atoms. The third-order valence-electron chi connectivity index (χ3n) is 5.56. The van der Waals surface area contributed by atoms with Crippen molar-refractivity contribution in [1.82, 2.24) is 9.97 Å². The average Bonchev–Trinajstić information content (AvgIpc) is 3.60. The van der Waals surface area contributed by atoms with Crippen LogP contribution in [-0.4, -0.2) is 9.97 Å². The van der Waals surface area contributed by atoms with E-state index >= 15 is 0 Å². The number of aryl methyl sites for hydroxylation is 2. The molecule has 0 aliphatic heterocycles. The van der Waals surface area contributed by atoms with Gasteiger partial charge in [-0.05, 0) is 49.9 Å². The van der Waals surface area contributed by atoms with Gasteiger partial charge in [-0.3, -0.25) is 0 Å². The monoisotopic (exact) mass is 500 g/mol. The lowest BCUT2D eigenvalue weighted by molar-refractivity contribution is 0.670. The number of thiazole rings is 2. The quantitative estimate of drug-likeness (QED) is 0.171. The fraction of sp³-hybridized carbons (Fsp3) is 0.462. The van der Waals surface area contributed by atoms with E-state index in [-0.39, 0.29) is 0 Å². The van der Waals surface area contributed by atoms with E-state index in [9.17, 15) is 0 Å². The number of thiophene rings is 2. The topological polar surface area (TPSA) is 25.8 Å². The second kappa shape index (κ2) is 12.2. The molecule has 4 heterocycles. The summed E-state index contributed by atoms with van der Waals surface area (Å²) in [7, 11) is 0. The van der Waals surface area contributed by atoms with Gasteiger partial charge in [0.1, 0.15) is 0 Å². The van der Waals surface area contributed by atoms with Crippen LogP contribution in [0.5, 0.6) is 0 Å². The van der Waals surface area contributed by atoms with E-state index in [4.69, 9.17) is 9.97 Å². The van der Waals surface area contributed by atoms with Crippen molar-refractivity contribution >= 4 is 45.3 Å². The fourth-order valence-corrected chi connectivity index (χ4v) is 7.83. The van der Waals surface area contributed by atoms with Crippen LogP contribution in [0.3, 0.4) is 0 Å². The van der Waals surface area contributed by atoms with E-state index in [1.165, 1.54) is 93.5 Å². The minimum atomic E-state index is 1.03. The second-order valence-electron chi connectivity index (χ2n) is 8.21. The van der Waals surface area contributed by atoms with Gasteiger partial charge in [-0.2, -0.15) is 0 Å². The largest absolute Gasteiger partial charge is 0.241 e. The van der Waals surface area contributed by atoms with E-state index in [1.54, 1.807) is 22.7 Å².